The van der Waals surface area contributed by atoms with Gasteiger partial charge in [0, 0.05) is 0 Å². The minimum Gasteiger partial charge on any atom is -0.276 e. The molecule has 0 fully saturated rings. The Morgan fingerprint density at radius 1 is 1.57 bits per heavy atom. The van der Waals surface area contributed by atoms with E-state index >= 15 is 0 Å². The maximum absolute atomic E-state index is 9.54. The van der Waals surface area contributed by atoms with Gasteiger partial charge >= 0.3 is 0 Å². The Bertz CT molecular complexity index is 121. The quantitative estimate of drug-likeness (QED) is 0.144. The lowest BCUT2D eigenvalue weighted by atomic mass is 11.4. The lowest BCUT2D eigenvalue weighted by molar-refractivity contribution is -0.114. The van der Waals surface area contributed by atoms with Crippen LogP contribution >= 0.6 is 0 Å². The largest absolute Gasteiger partial charge is 0.276 e. The lowest BCUT2D eigenvalue weighted by Crippen LogP contribution is -2.26. The summed E-state index contributed by atoms with van der Waals surface area (Å²) >= 11 is 0. The second-order valence-electron chi connectivity index (χ2n) is 0.723. The van der Waals surface area contributed by atoms with Crippen LogP contribution in [0.4, 0.5) is 0 Å². The molecule has 0 unspecified atom stereocenters. The first-order valence-electron chi connectivity index (χ1n) is 1.32. The molecule has 0 atom stereocenters. The molecule has 6 heteroatoms. The number of carbonyl (C=O) groups is 1. The first-order chi connectivity index (χ1) is 3.18. The van der Waals surface area contributed by atoms with Crippen LogP contribution in [0.3, 0.4) is 0 Å². The van der Waals surface area contributed by atoms with Crippen LogP contribution in [-0.4, -0.2) is 19.2 Å². The van der Waals surface area contributed by atoms with Crippen molar-refractivity contribution in [3.05, 3.63) is 0 Å². The molecule has 0 aliphatic carbocycles. The summed E-state index contributed by atoms with van der Waals surface area (Å²) in [6, 6.07) is 0. The molecule has 0 saturated heterocycles. The summed E-state index contributed by atoms with van der Waals surface area (Å²) in [4.78, 5) is 9.36. The lowest BCUT2D eigenvalue weighted by Gasteiger charge is -1.93. The van der Waals surface area contributed by atoms with Crippen LogP contribution in [0.1, 0.15) is 0 Å². The molecule has 5 nitrogen and oxygen atoms in total. The number of nitrogens with zero attached hydrogens (tertiary/aromatic N) is 1. The molecular weight excluding hydrogens is 120 g/mol. The molecule has 2 N–H and O–H groups in total. The van der Waals surface area contributed by atoms with Gasteiger partial charge in [-0.3, -0.25) is 4.79 Å². The summed E-state index contributed by atoms with van der Waals surface area (Å²) < 4.78 is 19.1. The van der Waals surface area contributed by atoms with E-state index in [2.05, 4.69) is 5.84 Å². The highest BCUT2D eigenvalue weighted by atomic mass is 32.2. The Morgan fingerprint density at radius 2 is 2.00 bits per heavy atom. The van der Waals surface area contributed by atoms with Gasteiger partial charge in [-0.25, -0.2) is 14.3 Å². The number of thiol groups is 1. The monoisotopic (exact) mass is 124 g/mol. The van der Waals surface area contributed by atoms with Gasteiger partial charge < -0.3 is 0 Å². The summed E-state index contributed by atoms with van der Waals surface area (Å²) in [5.74, 6) is 4.48. The maximum Gasteiger partial charge on any atom is 0.240 e. The Hall–Kier alpha value is -0.620. The van der Waals surface area contributed by atoms with Crippen LogP contribution in [0.15, 0.2) is 0 Å². The molecule has 0 aliphatic rings. The van der Waals surface area contributed by atoms with E-state index in [1.54, 1.807) is 0 Å². The molecule has 0 aromatic heterocycles. The standard InChI is InChI=1S/CH4N2O3S/c2-3(1-4)7(5)6/h1,7H,2H2. The van der Waals surface area contributed by atoms with Crippen molar-refractivity contribution in [2.45, 2.75) is 0 Å². The highest BCUT2D eigenvalue weighted by molar-refractivity contribution is 7.70. The van der Waals surface area contributed by atoms with Gasteiger partial charge in [0.1, 0.15) is 0 Å². The molecule has 0 radical (unpaired) electrons. The zero-order valence-electron chi connectivity index (χ0n) is 3.27. The van der Waals surface area contributed by atoms with Crippen molar-refractivity contribution in [1.82, 2.24) is 4.41 Å². The second kappa shape index (κ2) is 2.54. The summed E-state index contributed by atoms with van der Waals surface area (Å²) in [6.45, 7) is 0. The van der Waals surface area contributed by atoms with Gasteiger partial charge in [-0.05, 0) is 0 Å². The van der Waals surface area contributed by atoms with E-state index in [1.165, 1.54) is 0 Å². The summed E-state index contributed by atoms with van der Waals surface area (Å²) in [5, 5.41) is 0. The van der Waals surface area contributed by atoms with Crippen molar-refractivity contribution in [2.24, 2.45) is 5.84 Å². The SMILES string of the molecule is NN(C=O)[SH](=O)=O. The van der Waals surface area contributed by atoms with E-state index in [9.17, 15) is 13.2 Å². The van der Waals surface area contributed by atoms with Crippen molar-refractivity contribution in [1.29, 1.82) is 0 Å². The Morgan fingerprint density at radius 3 is 2.00 bits per heavy atom. The van der Waals surface area contributed by atoms with Gasteiger partial charge in [-0.1, -0.05) is 0 Å². The van der Waals surface area contributed by atoms with Gasteiger partial charge in [0.15, 0.2) is 0 Å². The number of nitrogens with two attached hydrogens (primary N) is 1. The predicted molar refractivity (Wildman–Crippen MR) is 22.4 cm³/mol. The Kier molecular flexibility index (Phi) is 2.31. The van der Waals surface area contributed by atoms with E-state index in [-0.39, 0.29) is 10.8 Å². The van der Waals surface area contributed by atoms with Crippen LogP contribution < -0.4 is 5.84 Å². The van der Waals surface area contributed by atoms with Crippen molar-refractivity contribution in [3.63, 3.8) is 0 Å². The van der Waals surface area contributed by atoms with Crippen LogP contribution in [0, 0.1) is 0 Å². The first kappa shape index (κ1) is 6.38. The number of hydrogen-bond acceptors (Lipinski definition) is 4. The van der Waals surface area contributed by atoms with Crippen molar-refractivity contribution in [3.8, 4) is 0 Å². The van der Waals surface area contributed by atoms with Crippen LogP contribution in [0.2, 0.25) is 0 Å². The van der Waals surface area contributed by atoms with E-state index in [0.29, 0.717) is 0 Å². The molecule has 1 amide bonds. The fourth-order valence-electron chi connectivity index (χ4n) is 0.0385. The predicted octanol–water partition coefficient (Wildman–Crippen LogP) is -2.16. The molecule has 0 bridgehead atoms. The molecule has 0 heterocycles. The minimum atomic E-state index is -2.92. The maximum atomic E-state index is 9.54. The normalized spacial score (nSPS) is 8.86. The highest BCUT2D eigenvalue weighted by Crippen LogP contribution is 1.61. The first-order valence-corrected chi connectivity index (χ1v) is 2.45. The van der Waals surface area contributed by atoms with Crippen LogP contribution in [-0.2, 0) is 15.7 Å². The summed E-state index contributed by atoms with van der Waals surface area (Å²) in [6.07, 6.45) is 0.00566. The molecule has 0 aromatic carbocycles. The average Bonchev–Trinajstić information content (AvgIpc) is 1.65. The van der Waals surface area contributed by atoms with Crippen molar-refractivity contribution >= 4 is 17.3 Å². The molecule has 0 aliphatic heterocycles. The van der Waals surface area contributed by atoms with E-state index < -0.39 is 10.9 Å². The summed E-state index contributed by atoms with van der Waals surface area (Å²) in [7, 11) is -2.92. The third kappa shape index (κ3) is 2.12. The number of amides is 1. The van der Waals surface area contributed by atoms with Gasteiger partial charge in [-0.15, -0.1) is 0 Å². The van der Waals surface area contributed by atoms with Gasteiger partial charge in [-0.2, -0.15) is 4.41 Å². The van der Waals surface area contributed by atoms with Crippen LogP contribution in [0.25, 0.3) is 0 Å². The Labute approximate surface area is 41.8 Å². The van der Waals surface area contributed by atoms with Crippen molar-refractivity contribution in [2.75, 3.05) is 0 Å². The average molecular weight is 124 g/mol. The van der Waals surface area contributed by atoms with E-state index in [4.69, 9.17) is 0 Å². The highest BCUT2D eigenvalue weighted by Gasteiger charge is 1.88. The second-order valence-corrected chi connectivity index (χ2v) is 1.66. The van der Waals surface area contributed by atoms with Gasteiger partial charge in [0.25, 0.3) is 0 Å². The number of rotatable bonds is 2. The van der Waals surface area contributed by atoms with E-state index in [1.807, 2.05) is 0 Å². The molecule has 0 aromatic rings. The smallest absolute Gasteiger partial charge is 0.240 e. The third-order valence-electron chi connectivity index (χ3n) is 0.297. The molecule has 7 heavy (non-hydrogen) atoms. The summed E-state index contributed by atoms with van der Waals surface area (Å²) in [5.41, 5.74) is 0. The zero-order valence-corrected chi connectivity index (χ0v) is 4.17. The molecule has 0 rings (SSSR count). The van der Waals surface area contributed by atoms with Gasteiger partial charge in [0.05, 0.1) is 0 Å². The number of carbonyl (C=O) groups excluding carboxylic acids is 1. The van der Waals surface area contributed by atoms with Gasteiger partial charge in [0.2, 0.25) is 17.3 Å². The fraction of sp³-hybridized carbons (Fsp3) is 0. The molecule has 0 spiro atoms. The number of hydrogen-bond donors (Lipinski definition) is 2. The molecule has 0 saturated carbocycles. The third-order valence-corrected chi connectivity index (χ3v) is 0.768. The molecule has 42 valence electrons. The fourth-order valence-corrected chi connectivity index (χ4v) is 0.115. The topological polar surface area (TPSA) is 80.5 Å². The van der Waals surface area contributed by atoms with E-state index in [0.717, 1.165) is 0 Å². The minimum absolute atomic E-state index is 0.00566. The Balaban J connectivity index is 3.80. The number of hydrazine groups is 1. The zero-order chi connectivity index (χ0) is 5.86. The van der Waals surface area contributed by atoms with Crippen molar-refractivity contribution < 1.29 is 13.2 Å². The molecular formula is CH4N2O3S. The van der Waals surface area contributed by atoms with Crippen LogP contribution in [0.5, 0.6) is 0 Å².